The molecule has 3 aromatic rings. The van der Waals surface area contributed by atoms with Gasteiger partial charge in [0.05, 0.1) is 22.6 Å². The summed E-state index contributed by atoms with van der Waals surface area (Å²) in [6.07, 6.45) is 0.736. The smallest absolute Gasteiger partial charge is 0.193 e. The lowest BCUT2D eigenvalue weighted by Gasteiger charge is -2.12. The van der Waals surface area contributed by atoms with Crippen LogP contribution in [-0.2, 0) is 0 Å². The van der Waals surface area contributed by atoms with Crippen LogP contribution in [0.5, 0.6) is 5.75 Å². The number of hydrogen-bond donors (Lipinski definition) is 1. The molecule has 0 radical (unpaired) electrons. The number of nitrogens with two attached hydrogens (primary N) is 1. The molecule has 0 saturated carbocycles. The maximum Gasteiger partial charge on any atom is 0.193 e. The van der Waals surface area contributed by atoms with Gasteiger partial charge in [0.2, 0.25) is 0 Å². The minimum absolute atomic E-state index is 0.149. The lowest BCUT2D eigenvalue weighted by molar-refractivity contribution is 0.314. The van der Waals surface area contributed by atoms with Crippen LogP contribution >= 0.6 is 27.5 Å². The molecule has 4 nitrogen and oxygen atoms in total. The Balaban J connectivity index is 2.13. The maximum absolute atomic E-state index is 12.4. The molecule has 0 unspecified atom stereocenters. The van der Waals surface area contributed by atoms with Crippen molar-refractivity contribution in [2.75, 3.05) is 13.2 Å². The topological polar surface area (TPSA) is 65.5 Å². The van der Waals surface area contributed by atoms with Crippen LogP contribution in [0.15, 0.2) is 56.1 Å². The van der Waals surface area contributed by atoms with E-state index >= 15 is 0 Å². The Morgan fingerprint density at radius 1 is 1.21 bits per heavy atom. The van der Waals surface area contributed by atoms with Gasteiger partial charge in [-0.25, -0.2) is 0 Å². The van der Waals surface area contributed by atoms with E-state index in [1.165, 1.54) is 6.07 Å². The summed E-state index contributed by atoms with van der Waals surface area (Å²) in [6, 6.07) is 12.1. The van der Waals surface area contributed by atoms with Crippen LogP contribution in [0.25, 0.3) is 22.3 Å². The summed E-state index contributed by atoms with van der Waals surface area (Å²) in [4.78, 5) is 12.4. The first-order chi connectivity index (χ1) is 11.6. The van der Waals surface area contributed by atoms with Gasteiger partial charge in [0.25, 0.3) is 0 Å². The van der Waals surface area contributed by atoms with Gasteiger partial charge in [-0.2, -0.15) is 0 Å². The Labute approximate surface area is 152 Å². The number of rotatable bonds is 5. The minimum Gasteiger partial charge on any atom is -0.493 e. The van der Waals surface area contributed by atoms with Crippen molar-refractivity contribution in [2.24, 2.45) is 5.73 Å². The molecule has 3 rings (SSSR count). The van der Waals surface area contributed by atoms with E-state index in [0.717, 1.165) is 10.9 Å². The van der Waals surface area contributed by atoms with Crippen molar-refractivity contribution in [3.8, 4) is 17.1 Å². The number of ether oxygens (including phenoxy) is 1. The van der Waals surface area contributed by atoms with Crippen molar-refractivity contribution in [3.63, 3.8) is 0 Å². The molecule has 24 heavy (non-hydrogen) atoms. The summed E-state index contributed by atoms with van der Waals surface area (Å²) in [5.74, 6) is 1.03. The third-order valence-corrected chi connectivity index (χ3v) is 4.31. The highest BCUT2D eigenvalue weighted by Gasteiger charge is 2.14. The van der Waals surface area contributed by atoms with E-state index in [4.69, 9.17) is 26.5 Å². The second-order valence-corrected chi connectivity index (χ2v) is 6.55. The third-order valence-electron chi connectivity index (χ3n) is 3.52. The van der Waals surface area contributed by atoms with Crippen LogP contribution in [0, 0.1) is 0 Å². The Bertz CT molecular complexity index is 939. The lowest BCUT2D eigenvalue weighted by atomic mass is 10.1. The van der Waals surface area contributed by atoms with Crippen molar-refractivity contribution >= 4 is 38.5 Å². The Kier molecular flexibility index (Phi) is 5.23. The molecule has 2 N–H and O–H groups in total. The minimum atomic E-state index is -0.149. The van der Waals surface area contributed by atoms with Crippen molar-refractivity contribution in [3.05, 3.63) is 62.2 Å². The van der Waals surface area contributed by atoms with E-state index in [1.54, 1.807) is 18.2 Å². The molecular formula is C18H15BrClNO3. The Hall–Kier alpha value is -1.82. The fourth-order valence-corrected chi connectivity index (χ4v) is 2.91. The highest BCUT2D eigenvalue weighted by atomic mass is 79.9. The summed E-state index contributed by atoms with van der Waals surface area (Å²) < 4.78 is 12.6. The molecule has 2 aromatic carbocycles. The molecule has 0 saturated heterocycles. The van der Waals surface area contributed by atoms with E-state index < -0.39 is 0 Å². The molecule has 0 aliphatic heterocycles. The fraction of sp³-hybridized carbons (Fsp3) is 0.167. The Morgan fingerprint density at radius 2 is 2.04 bits per heavy atom. The van der Waals surface area contributed by atoms with Crippen LogP contribution in [-0.4, -0.2) is 13.2 Å². The molecule has 0 spiro atoms. The van der Waals surface area contributed by atoms with E-state index in [-0.39, 0.29) is 5.43 Å². The number of halogens is 2. The number of para-hydroxylation sites is 1. The van der Waals surface area contributed by atoms with Crippen LogP contribution in [0.4, 0.5) is 0 Å². The zero-order chi connectivity index (χ0) is 17.1. The standard InChI is InChI=1S/C18H15BrClNO3/c19-11-5-6-13(16(9-11)23-8-2-7-21)17-10-15(22)12-3-1-4-14(20)18(12)24-17/h1,3-6,9-10H,2,7-8,21H2. The first kappa shape index (κ1) is 17.0. The van der Waals surface area contributed by atoms with Crippen LogP contribution < -0.4 is 15.9 Å². The van der Waals surface area contributed by atoms with Gasteiger partial charge in [0.1, 0.15) is 11.5 Å². The molecule has 0 bridgehead atoms. The average molecular weight is 409 g/mol. The SMILES string of the molecule is NCCCOc1cc(Br)ccc1-c1cc(=O)c2cccc(Cl)c2o1. The van der Waals surface area contributed by atoms with E-state index in [2.05, 4.69) is 15.9 Å². The first-order valence-corrected chi connectivity index (χ1v) is 8.62. The fourth-order valence-electron chi connectivity index (χ4n) is 2.36. The van der Waals surface area contributed by atoms with Crippen LogP contribution in [0.2, 0.25) is 5.02 Å². The third kappa shape index (κ3) is 3.48. The van der Waals surface area contributed by atoms with Crippen molar-refractivity contribution in [1.82, 2.24) is 0 Å². The van der Waals surface area contributed by atoms with Crippen LogP contribution in [0.1, 0.15) is 6.42 Å². The molecule has 0 fully saturated rings. The van der Waals surface area contributed by atoms with Gasteiger partial charge in [-0.3, -0.25) is 4.79 Å². The monoisotopic (exact) mass is 407 g/mol. The van der Waals surface area contributed by atoms with Crippen molar-refractivity contribution in [1.29, 1.82) is 0 Å². The molecular weight excluding hydrogens is 394 g/mol. The highest BCUT2D eigenvalue weighted by Crippen LogP contribution is 2.34. The summed E-state index contributed by atoms with van der Waals surface area (Å²) >= 11 is 9.60. The zero-order valence-corrected chi connectivity index (χ0v) is 15.1. The van der Waals surface area contributed by atoms with E-state index in [9.17, 15) is 4.79 Å². The second kappa shape index (κ2) is 7.38. The highest BCUT2D eigenvalue weighted by molar-refractivity contribution is 9.10. The summed E-state index contributed by atoms with van der Waals surface area (Å²) in [7, 11) is 0. The normalized spacial score (nSPS) is 11.0. The predicted molar refractivity (Wildman–Crippen MR) is 99.8 cm³/mol. The number of fused-ring (bicyclic) bond motifs is 1. The van der Waals surface area contributed by atoms with Crippen LogP contribution in [0.3, 0.4) is 0 Å². The maximum atomic E-state index is 12.4. The number of hydrogen-bond acceptors (Lipinski definition) is 4. The van der Waals surface area contributed by atoms with Gasteiger partial charge >= 0.3 is 0 Å². The molecule has 6 heteroatoms. The second-order valence-electron chi connectivity index (χ2n) is 5.22. The first-order valence-electron chi connectivity index (χ1n) is 7.45. The largest absolute Gasteiger partial charge is 0.493 e. The molecule has 124 valence electrons. The van der Waals surface area contributed by atoms with Gasteiger partial charge < -0.3 is 14.9 Å². The zero-order valence-electron chi connectivity index (χ0n) is 12.7. The van der Waals surface area contributed by atoms with Gasteiger partial charge in [0.15, 0.2) is 11.0 Å². The van der Waals surface area contributed by atoms with Gasteiger partial charge in [-0.05, 0) is 43.3 Å². The van der Waals surface area contributed by atoms with E-state index in [0.29, 0.717) is 46.2 Å². The summed E-state index contributed by atoms with van der Waals surface area (Å²) in [5, 5.41) is 0.850. The quantitative estimate of drug-likeness (QED) is 0.626. The van der Waals surface area contributed by atoms with Gasteiger partial charge in [-0.1, -0.05) is 33.6 Å². The number of benzene rings is 2. The average Bonchev–Trinajstić information content (AvgIpc) is 2.56. The van der Waals surface area contributed by atoms with Crippen molar-refractivity contribution < 1.29 is 9.15 Å². The van der Waals surface area contributed by atoms with Crippen molar-refractivity contribution in [2.45, 2.75) is 6.42 Å². The Morgan fingerprint density at radius 3 is 2.83 bits per heavy atom. The molecule has 1 heterocycles. The summed E-state index contributed by atoms with van der Waals surface area (Å²) in [5.41, 5.74) is 6.42. The van der Waals surface area contributed by atoms with Gasteiger partial charge in [0, 0.05) is 10.5 Å². The molecule has 0 aliphatic carbocycles. The molecule has 0 atom stereocenters. The molecule has 1 aromatic heterocycles. The van der Waals surface area contributed by atoms with Gasteiger partial charge in [-0.15, -0.1) is 0 Å². The van der Waals surface area contributed by atoms with E-state index in [1.807, 2.05) is 18.2 Å². The lowest BCUT2D eigenvalue weighted by Crippen LogP contribution is -2.07. The predicted octanol–water partition coefficient (Wildman–Crippen LogP) is 4.60. The summed E-state index contributed by atoms with van der Waals surface area (Å²) in [6.45, 7) is 1.03. The molecule has 0 aliphatic rings. The molecule has 0 amide bonds.